The first kappa shape index (κ1) is 10.8. The fraction of sp³-hybridized carbons (Fsp3) is 0.333. The van der Waals surface area contributed by atoms with Crippen LogP contribution in [0.4, 0.5) is 0 Å². The third-order valence-electron chi connectivity index (χ3n) is 2.12. The van der Waals surface area contributed by atoms with Crippen LogP contribution < -0.4 is 5.73 Å². The third-order valence-corrected chi connectivity index (χ3v) is 2.12. The van der Waals surface area contributed by atoms with Crippen molar-refractivity contribution in [1.29, 1.82) is 0 Å². The number of nitrogens with two attached hydrogens (primary N) is 1. The maximum atomic E-state index is 5.70. The van der Waals surface area contributed by atoms with Crippen LogP contribution in [-0.4, -0.2) is 19.0 Å². The van der Waals surface area contributed by atoms with Gasteiger partial charge < -0.3 is 5.73 Å². The highest BCUT2D eigenvalue weighted by atomic mass is 15.1. The van der Waals surface area contributed by atoms with Crippen LogP contribution in [0.25, 0.3) is 0 Å². The summed E-state index contributed by atoms with van der Waals surface area (Å²) in [5.41, 5.74) is 7.82. The second-order valence-corrected chi connectivity index (χ2v) is 3.73. The molecule has 2 N–H and O–H groups in total. The van der Waals surface area contributed by atoms with Gasteiger partial charge in [0.2, 0.25) is 0 Å². The van der Waals surface area contributed by atoms with E-state index in [4.69, 9.17) is 5.73 Å². The van der Waals surface area contributed by atoms with Gasteiger partial charge in [0.05, 0.1) is 6.04 Å². The highest BCUT2D eigenvalue weighted by molar-refractivity contribution is 5.23. The van der Waals surface area contributed by atoms with Gasteiger partial charge in [0.1, 0.15) is 0 Å². The predicted molar refractivity (Wildman–Crippen MR) is 60.8 cm³/mol. The molecule has 0 heterocycles. The number of hydrogen-bond donors (Lipinski definition) is 1. The minimum Gasteiger partial charge on any atom is -0.402 e. The Morgan fingerprint density at radius 1 is 1.29 bits per heavy atom. The Labute approximate surface area is 86.0 Å². The lowest BCUT2D eigenvalue weighted by Crippen LogP contribution is -2.19. The molecule has 1 unspecified atom stereocenters. The standard InChI is InChI=1S/C12H18N2/c1-10(13)9-12(14(2)3)11-7-5-4-6-8-11/h4-9,12H,13H2,1-3H3/b10-9-. The van der Waals surface area contributed by atoms with Gasteiger partial charge in [-0.05, 0) is 32.7 Å². The van der Waals surface area contributed by atoms with Gasteiger partial charge in [-0.3, -0.25) is 4.90 Å². The van der Waals surface area contributed by atoms with E-state index in [9.17, 15) is 0 Å². The normalized spacial score (nSPS) is 14.4. The van der Waals surface area contributed by atoms with Gasteiger partial charge in [0, 0.05) is 5.70 Å². The molecule has 0 radical (unpaired) electrons. The molecule has 0 aliphatic heterocycles. The smallest absolute Gasteiger partial charge is 0.0545 e. The molecular weight excluding hydrogens is 172 g/mol. The maximum absolute atomic E-state index is 5.70. The first-order chi connectivity index (χ1) is 6.61. The van der Waals surface area contributed by atoms with Crippen LogP contribution in [0.2, 0.25) is 0 Å². The van der Waals surface area contributed by atoms with E-state index in [0.29, 0.717) is 0 Å². The van der Waals surface area contributed by atoms with Gasteiger partial charge in [-0.1, -0.05) is 30.3 Å². The molecule has 0 aliphatic carbocycles. The van der Waals surface area contributed by atoms with Crippen molar-refractivity contribution in [3.8, 4) is 0 Å². The summed E-state index contributed by atoms with van der Waals surface area (Å²) in [5, 5.41) is 0. The number of allylic oxidation sites excluding steroid dienone is 1. The number of hydrogen-bond acceptors (Lipinski definition) is 2. The lowest BCUT2D eigenvalue weighted by molar-refractivity contribution is 0.350. The van der Waals surface area contributed by atoms with Crippen LogP contribution in [0.15, 0.2) is 42.1 Å². The Morgan fingerprint density at radius 3 is 2.29 bits per heavy atom. The van der Waals surface area contributed by atoms with E-state index in [-0.39, 0.29) is 6.04 Å². The van der Waals surface area contributed by atoms with Crippen molar-refractivity contribution in [1.82, 2.24) is 4.90 Å². The molecule has 0 saturated carbocycles. The van der Waals surface area contributed by atoms with Crippen molar-refractivity contribution in [2.24, 2.45) is 5.73 Å². The molecule has 1 aromatic rings. The molecule has 0 spiro atoms. The highest BCUT2D eigenvalue weighted by Gasteiger charge is 2.09. The Balaban J connectivity index is 2.95. The van der Waals surface area contributed by atoms with Gasteiger partial charge in [0.25, 0.3) is 0 Å². The zero-order valence-electron chi connectivity index (χ0n) is 9.07. The summed E-state index contributed by atoms with van der Waals surface area (Å²) in [5.74, 6) is 0. The van der Waals surface area contributed by atoms with Crippen molar-refractivity contribution in [2.45, 2.75) is 13.0 Å². The average Bonchev–Trinajstić information content (AvgIpc) is 2.15. The van der Waals surface area contributed by atoms with Crippen molar-refractivity contribution < 1.29 is 0 Å². The van der Waals surface area contributed by atoms with Crippen molar-refractivity contribution in [3.05, 3.63) is 47.7 Å². The fourth-order valence-corrected chi connectivity index (χ4v) is 1.44. The lowest BCUT2D eigenvalue weighted by atomic mass is 10.1. The fourth-order valence-electron chi connectivity index (χ4n) is 1.44. The molecule has 1 atom stereocenters. The number of nitrogens with zero attached hydrogens (tertiary/aromatic N) is 1. The zero-order chi connectivity index (χ0) is 10.6. The van der Waals surface area contributed by atoms with Crippen LogP contribution >= 0.6 is 0 Å². The highest BCUT2D eigenvalue weighted by Crippen LogP contribution is 2.19. The summed E-state index contributed by atoms with van der Waals surface area (Å²) in [4.78, 5) is 2.14. The Kier molecular flexibility index (Phi) is 3.72. The van der Waals surface area contributed by atoms with Gasteiger partial charge in [0.15, 0.2) is 0 Å². The van der Waals surface area contributed by atoms with Gasteiger partial charge >= 0.3 is 0 Å². The number of benzene rings is 1. The molecule has 0 aromatic heterocycles. The number of likely N-dealkylation sites (N-methyl/N-ethyl adjacent to an activating group) is 1. The lowest BCUT2D eigenvalue weighted by Gasteiger charge is -2.21. The topological polar surface area (TPSA) is 29.3 Å². The zero-order valence-corrected chi connectivity index (χ0v) is 9.07. The Hall–Kier alpha value is -1.28. The summed E-state index contributed by atoms with van der Waals surface area (Å²) < 4.78 is 0. The Morgan fingerprint density at radius 2 is 1.86 bits per heavy atom. The van der Waals surface area contributed by atoms with Crippen LogP contribution in [-0.2, 0) is 0 Å². The second-order valence-electron chi connectivity index (χ2n) is 3.73. The van der Waals surface area contributed by atoms with Crippen molar-refractivity contribution >= 4 is 0 Å². The first-order valence-electron chi connectivity index (χ1n) is 4.76. The molecule has 0 amide bonds. The van der Waals surface area contributed by atoms with Crippen LogP contribution in [0.3, 0.4) is 0 Å². The van der Waals surface area contributed by atoms with Crippen molar-refractivity contribution in [3.63, 3.8) is 0 Å². The van der Waals surface area contributed by atoms with E-state index in [1.54, 1.807) is 0 Å². The predicted octanol–water partition coefficient (Wildman–Crippen LogP) is 2.15. The van der Waals surface area contributed by atoms with Gasteiger partial charge in [-0.2, -0.15) is 0 Å². The van der Waals surface area contributed by atoms with Gasteiger partial charge in [-0.15, -0.1) is 0 Å². The van der Waals surface area contributed by atoms with Crippen LogP contribution in [0.1, 0.15) is 18.5 Å². The molecule has 0 aliphatic rings. The third kappa shape index (κ3) is 2.89. The van der Waals surface area contributed by atoms with E-state index in [0.717, 1.165) is 5.70 Å². The van der Waals surface area contributed by atoms with Crippen LogP contribution in [0.5, 0.6) is 0 Å². The quantitative estimate of drug-likeness (QED) is 0.791. The van der Waals surface area contributed by atoms with E-state index < -0.39 is 0 Å². The monoisotopic (exact) mass is 190 g/mol. The summed E-state index contributed by atoms with van der Waals surface area (Å²) >= 11 is 0. The van der Waals surface area contributed by atoms with E-state index in [2.05, 4.69) is 37.2 Å². The number of rotatable bonds is 3. The maximum Gasteiger partial charge on any atom is 0.0545 e. The molecule has 14 heavy (non-hydrogen) atoms. The second kappa shape index (κ2) is 4.82. The minimum absolute atomic E-state index is 0.265. The van der Waals surface area contributed by atoms with Gasteiger partial charge in [-0.25, -0.2) is 0 Å². The molecule has 1 aromatic carbocycles. The summed E-state index contributed by atoms with van der Waals surface area (Å²) in [6.07, 6.45) is 2.06. The van der Waals surface area contributed by atoms with E-state index in [1.807, 2.05) is 25.1 Å². The molecule has 1 rings (SSSR count). The largest absolute Gasteiger partial charge is 0.402 e. The molecule has 2 nitrogen and oxygen atoms in total. The average molecular weight is 190 g/mol. The molecular formula is C12H18N2. The summed E-state index contributed by atoms with van der Waals surface area (Å²) in [7, 11) is 4.11. The molecule has 0 bridgehead atoms. The SMILES string of the molecule is C/C(N)=C/C(c1ccccc1)N(C)C. The first-order valence-corrected chi connectivity index (χ1v) is 4.76. The molecule has 0 saturated heterocycles. The molecule has 2 heteroatoms. The molecule has 0 fully saturated rings. The summed E-state index contributed by atoms with van der Waals surface area (Å²) in [6.45, 7) is 1.92. The molecule has 76 valence electrons. The van der Waals surface area contributed by atoms with Crippen molar-refractivity contribution in [2.75, 3.05) is 14.1 Å². The van der Waals surface area contributed by atoms with E-state index in [1.165, 1.54) is 5.56 Å². The Bertz CT molecular complexity index is 297. The minimum atomic E-state index is 0.265. The summed E-state index contributed by atoms with van der Waals surface area (Å²) in [6, 6.07) is 10.6. The van der Waals surface area contributed by atoms with E-state index >= 15 is 0 Å². The van der Waals surface area contributed by atoms with Crippen LogP contribution in [0, 0.1) is 0 Å².